The van der Waals surface area contributed by atoms with Crippen molar-refractivity contribution < 1.29 is 13.9 Å². The molecule has 26 heavy (non-hydrogen) atoms. The van der Waals surface area contributed by atoms with Gasteiger partial charge in [-0.25, -0.2) is 4.39 Å². The van der Waals surface area contributed by atoms with Crippen molar-refractivity contribution in [1.29, 1.82) is 0 Å². The fourth-order valence-corrected chi connectivity index (χ4v) is 3.69. The van der Waals surface area contributed by atoms with Crippen LogP contribution in [-0.2, 0) is 16.1 Å². The summed E-state index contributed by atoms with van der Waals surface area (Å²) in [6.45, 7) is 3.68. The van der Waals surface area contributed by atoms with Crippen LogP contribution in [0.3, 0.4) is 0 Å². The summed E-state index contributed by atoms with van der Waals surface area (Å²) in [5, 5.41) is 3.04. The summed E-state index contributed by atoms with van der Waals surface area (Å²) in [4.78, 5) is 14.8. The van der Waals surface area contributed by atoms with Gasteiger partial charge in [-0.05, 0) is 35.6 Å². The molecule has 0 spiro atoms. The van der Waals surface area contributed by atoms with Crippen LogP contribution in [0.15, 0.2) is 48.5 Å². The molecule has 1 aliphatic heterocycles. The molecule has 4 nitrogen and oxygen atoms in total. The number of hydrogen-bond acceptors (Lipinski definition) is 3. The Morgan fingerprint density at radius 2 is 1.85 bits per heavy atom. The number of nitrogens with one attached hydrogen (secondary N) is 1. The molecule has 0 radical (unpaired) electrons. The number of benzene rings is 2. The summed E-state index contributed by atoms with van der Waals surface area (Å²) in [7, 11) is 0. The van der Waals surface area contributed by atoms with E-state index in [2.05, 4.69) is 16.3 Å². The van der Waals surface area contributed by atoms with Crippen LogP contribution in [0.5, 0.6) is 0 Å². The molecular formula is C21H23FN2O2. The van der Waals surface area contributed by atoms with E-state index in [1.165, 1.54) is 6.07 Å². The first-order valence-electron chi connectivity index (χ1n) is 9.17. The van der Waals surface area contributed by atoms with E-state index < -0.39 is 0 Å². The largest absolute Gasteiger partial charge is 0.378 e. The van der Waals surface area contributed by atoms with Gasteiger partial charge in [0.15, 0.2) is 0 Å². The van der Waals surface area contributed by atoms with Crippen molar-refractivity contribution in [2.24, 2.45) is 5.92 Å². The summed E-state index contributed by atoms with van der Waals surface area (Å²) in [5.74, 6) is -0.325. The maximum atomic E-state index is 13.9. The van der Waals surface area contributed by atoms with E-state index in [-0.39, 0.29) is 23.6 Å². The summed E-state index contributed by atoms with van der Waals surface area (Å²) >= 11 is 0. The molecule has 1 saturated heterocycles. The lowest BCUT2D eigenvalue weighted by molar-refractivity contribution is -0.122. The van der Waals surface area contributed by atoms with Crippen molar-refractivity contribution in [3.8, 4) is 0 Å². The zero-order valence-electron chi connectivity index (χ0n) is 14.7. The van der Waals surface area contributed by atoms with Gasteiger partial charge in [-0.15, -0.1) is 0 Å². The second-order valence-electron chi connectivity index (χ2n) is 6.92. The average Bonchev–Trinajstić information content (AvgIpc) is 3.48. The molecule has 2 atom stereocenters. The summed E-state index contributed by atoms with van der Waals surface area (Å²) in [6.07, 6.45) is 0.720. The van der Waals surface area contributed by atoms with Crippen LogP contribution in [-0.4, -0.2) is 32.2 Å². The highest BCUT2D eigenvalue weighted by Crippen LogP contribution is 2.48. The SMILES string of the molecule is O=C(NCc1ccccc1N1CCOCC1)[C@H]1C[C@@H]1c1ccccc1F. The first-order valence-corrected chi connectivity index (χ1v) is 9.17. The van der Waals surface area contributed by atoms with Crippen LogP contribution in [0, 0.1) is 11.7 Å². The van der Waals surface area contributed by atoms with Crippen molar-refractivity contribution in [3.05, 3.63) is 65.5 Å². The van der Waals surface area contributed by atoms with E-state index >= 15 is 0 Å². The minimum Gasteiger partial charge on any atom is -0.378 e. The zero-order chi connectivity index (χ0) is 17.9. The number of anilines is 1. The Balaban J connectivity index is 1.38. The van der Waals surface area contributed by atoms with Crippen molar-refractivity contribution >= 4 is 11.6 Å². The number of para-hydroxylation sites is 1. The number of hydrogen-bond donors (Lipinski definition) is 1. The van der Waals surface area contributed by atoms with E-state index in [0.717, 1.165) is 44.0 Å². The number of morpholine rings is 1. The third-order valence-electron chi connectivity index (χ3n) is 5.23. The van der Waals surface area contributed by atoms with Crippen LogP contribution >= 0.6 is 0 Å². The molecule has 0 unspecified atom stereocenters. The van der Waals surface area contributed by atoms with E-state index in [4.69, 9.17) is 4.74 Å². The normalized spacial score (nSPS) is 22.1. The zero-order valence-corrected chi connectivity index (χ0v) is 14.7. The molecule has 5 heteroatoms. The Kier molecular flexibility index (Phi) is 4.89. The van der Waals surface area contributed by atoms with Gasteiger partial charge in [0.05, 0.1) is 13.2 Å². The third-order valence-corrected chi connectivity index (χ3v) is 5.23. The Labute approximate surface area is 153 Å². The molecule has 1 saturated carbocycles. The minimum atomic E-state index is -0.217. The van der Waals surface area contributed by atoms with Crippen LogP contribution < -0.4 is 10.2 Å². The predicted molar refractivity (Wildman–Crippen MR) is 98.6 cm³/mol. The number of ether oxygens (including phenoxy) is 1. The Morgan fingerprint density at radius 3 is 2.65 bits per heavy atom. The lowest BCUT2D eigenvalue weighted by Gasteiger charge is -2.30. The first-order chi connectivity index (χ1) is 12.7. The van der Waals surface area contributed by atoms with E-state index in [1.54, 1.807) is 12.1 Å². The quantitative estimate of drug-likeness (QED) is 0.897. The second-order valence-corrected chi connectivity index (χ2v) is 6.92. The van der Waals surface area contributed by atoms with Crippen LogP contribution in [0.25, 0.3) is 0 Å². The molecule has 0 bridgehead atoms. The van der Waals surface area contributed by atoms with E-state index in [0.29, 0.717) is 12.1 Å². The van der Waals surface area contributed by atoms with E-state index in [1.807, 2.05) is 24.3 Å². The molecule has 2 aromatic carbocycles. The van der Waals surface area contributed by atoms with Gasteiger partial charge in [0.25, 0.3) is 0 Å². The summed E-state index contributed by atoms with van der Waals surface area (Å²) in [5.41, 5.74) is 2.91. The van der Waals surface area contributed by atoms with Gasteiger partial charge < -0.3 is 15.0 Å². The fraction of sp³-hybridized carbons (Fsp3) is 0.381. The second kappa shape index (κ2) is 7.46. The summed E-state index contributed by atoms with van der Waals surface area (Å²) in [6, 6.07) is 14.9. The number of amides is 1. The van der Waals surface area contributed by atoms with Crippen LogP contribution in [0.1, 0.15) is 23.5 Å². The number of carbonyl (C=O) groups is 1. The predicted octanol–water partition coefficient (Wildman–Crippen LogP) is 3.08. The smallest absolute Gasteiger partial charge is 0.224 e. The fourth-order valence-electron chi connectivity index (χ4n) is 3.69. The van der Waals surface area contributed by atoms with Crippen LogP contribution in [0.2, 0.25) is 0 Å². The number of halogens is 1. The molecule has 1 amide bonds. The molecule has 1 heterocycles. The minimum absolute atomic E-state index is 0.00527. The van der Waals surface area contributed by atoms with Gasteiger partial charge in [0.2, 0.25) is 5.91 Å². The van der Waals surface area contributed by atoms with Gasteiger partial charge in [0, 0.05) is 31.2 Å². The number of rotatable bonds is 5. The van der Waals surface area contributed by atoms with Gasteiger partial charge >= 0.3 is 0 Å². The molecule has 4 rings (SSSR count). The van der Waals surface area contributed by atoms with Gasteiger partial charge in [-0.1, -0.05) is 36.4 Å². The molecular weight excluding hydrogens is 331 g/mol. The molecule has 2 fully saturated rings. The number of carbonyl (C=O) groups excluding carboxylic acids is 1. The lowest BCUT2D eigenvalue weighted by atomic mass is 10.1. The molecule has 2 aliphatic rings. The van der Waals surface area contributed by atoms with Crippen molar-refractivity contribution in [1.82, 2.24) is 5.32 Å². The molecule has 2 aromatic rings. The Hall–Kier alpha value is -2.40. The highest BCUT2D eigenvalue weighted by molar-refractivity contribution is 5.83. The highest BCUT2D eigenvalue weighted by Gasteiger charge is 2.44. The highest BCUT2D eigenvalue weighted by atomic mass is 19.1. The maximum Gasteiger partial charge on any atom is 0.224 e. The van der Waals surface area contributed by atoms with E-state index in [9.17, 15) is 9.18 Å². The van der Waals surface area contributed by atoms with Crippen LogP contribution in [0.4, 0.5) is 10.1 Å². The van der Waals surface area contributed by atoms with Gasteiger partial charge in [-0.3, -0.25) is 4.79 Å². The molecule has 1 N–H and O–H groups in total. The molecule has 0 aromatic heterocycles. The standard InChI is InChI=1S/C21H23FN2O2/c22-19-7-3-2-6-16(19)17-13-18(17)21(25)23-14-15-5-1-4-8-20(15)24-9-11-26-12-10-24/h1-8,17-18H,9-14H2,(H,23,25)/t17-,18+/m1/s1. The van der Waals surface area contributed by atoms with Crippen molar-refractivity contribution in [2.45, 2.75) is 18.9 Å². The summed E-state index contributed by atoms with van der Waals surface area (Å²) < 4.78 is 19.3. The van der Waals surface area contributed by atoms with Crippen molar-refractivity contribution in [3.63, 3.8) is 0 Å². The number of nitrogens with zero attached hydrogens (tertiary/aromatic N) is 1. The lowest BCUT2D eigenvalue weighted by Crippen LogP contribution is -2.37. The maximum absolute atomic E-state index is 13.9. The third kappa shape index (κ3) is 3.58. The Morgan fingerprint density at radius 1 is 1.12 bits per heavy atom. The topological polar surface area (TPSA) is 41.6 Å². The van der Waals surface area contributed by atoms with Gasteiger partial charge in [-0.2, -0.15) is 0 Å². The average molecular weight is 354 g/mol. The monoisotopic (exact) mass is 354 g/mol. The molecule has 136 valence electrons. The van der Waals surface area contributed by atoms with Crippen molar-refractivity contribution in [2.75, 3.05) is 31.2 Å². The van der Waals surface area contributed by atoms with Gasteiger partial charge in [0.1, 0.15) is 5.82 Å². The first kappa shape index (κ1) is 17.0. The molecule has 1 aliphatic carbocycles. The Bertz CT molecular complexity index is 789.